The monoisotopic (exact) mass is 487 g/mol. The first-order valence-electron chi connectivity index (χ1n) is 11.1. The van der Waals surface area contributed by atoms with Gasteiger partial charge < -0.3 is 15.0 Å². The van der Waals surface area contributed by atoms with Gasteiger partial charge >= 0.3 is 0 Å². The highest BCUT2D eigenvalue weighted by molar-refractivity contribution is 6.42. The lowest BCUT2D eigenvalue weighted by molar-refractivity contribution is -0.0251. The number of carbonyl (C=O) groups excluding carboxylic acids is 1. The van der Waals surface area contributed by atoms with E-state index in [0.29, 0.717) is 21.4 Å². The Hall–Kier alpha value is -2.21. The number of likely N-dealkylation sites (N-methyl/N-ethyl adjacent to an activating group) is 1. The molecule has 0 bridgehead atoms. The third kappa shape index (κ3) is 4.34. The van der Waals surface area contributed by atoms with E-state index in [0.717, 1.165) is 35.0 Å². The van der Waals surface area contributed by atoms with Crippen LogP contribution in [0.4, 0.5) is 0 Å². The Balaban J connectivity index is 1.60. The van der Waals surface area contributed by atoms with Crippen LogP contribution in [0.5, 0.6) is 5.75 Å². The van der Waals surface area contributed by atoms with Crippen molar-refractivity contribution >= 4 is 40.0 Å². The number of methoxy groups -OCH3 is 1. The van der Waals surface area contributed by atoms with E-state index in [1.54, 1.807) is 19.2 Å². The first-order chi connectivity index (χ1) is 15.4. The molecule has 1 aromatic heterocycles. The molecule has 5 nitrogen and oxygen atoms in total. The fraction of sp³-hybridized carbons (Fsp3) is 0.423. The second kappa shape index (κ2) is 8.53. The molecule has 4 rings (SSSR count). The van der Waals surface area contributed by atoms with Gasteiger partial charge in [-0.05, 0) is 84.0 Å². The van der Waals surface area contributed by atoms with Crippen molar-refractivity contribution < 1.29 is 9.53 Å². The van der Waals surface area contributed by atoms with Gasteiger partial charge in [-0.15, -0.1) is 0 Å². The summed E-state index contributed by atoms with van der Waals surface area (Å²) < 4.78 is 5.65. The van der Waals surface area contributed by atoms with Crippen LogP contribution in [0, 0.1) is 0 Å². The van der Waals surface area contributed by atoms with Crippen molar-refractivity contribution in [3.05, 3.63) is 52.0 Å². The van der Waals surface area contributed by atoms with Gasteiger partial charge in [-0.3, -0.25) is 9.69 Å². The van der Waals surface area contributed by atoms with E-state index in [-0.39, 0.29) is 23.0 Å². The second-order valence-electron chi connectivity index (χ2n) is 10.0. The van der Waals surface area contributed by atoms with Crippen molar-refractivity contribution in [2.24, 2.45) is 0 Å². The number of halogens is 2. The van der Waals surface area contributed by atoms with Crippen molar-refractivity contribution in [2.45, 2.75) is 57.7 Å². The maximum atomic E-state index is 13.2. The Kier molecular flexibility index (Phi) is 6.19. The van der Waals surface area contributed by atoms with Gasteiger partial charge in [0, 0.05) is 39.1 Å². The lowest BCUT2D eigenvalue weighted by Gasteiger charge is -2.55. The highest BCUT2D eigenvalue weighted by Gasteiger charge is 2.45. The van der Waals surface area contributed by atoms with Crippen LogP contribution < -0.4 is 10.1 Å². The molecular weight excluding hydrogens is 457 g/mol. The lowest BCUT2D eigenvalue weighted by Crippen LogP contribution is -2.66. The van der Waals surface area contributed by atoms with E-state index in [4.69, 9.17) is 27.9 Å². The SMILES string of the molecule is COc1cc(C(=O)NC2CCC(C)(C)N(C)C2(C)C)ccc1-c1cc2cc(Cl)c(Cl)cc2[nH]1. The normalized spacial score (nSPS) is 20.1. The topological polar surface area (TPSA) is 57.4 Å². The molecule has 7 heteroatoms. The molecular formula is C26H31Cl2N3O2. The number of aromatic nitrogens is 1. The molecule has 176 valence electrons. The highest BCUT2D eigenvalue weighted by Crippen LogP contribution is 2.38. The summed E-state index contributed by atoms with van der Waals surface area (Å²) in [5.41, 5.74) is 3.12. The van der Waals surface area contributed by atoms with Crippen LogP contribution >= 0.6 is 23.2 Å². The summed E-state index contributed by atoms with van der Waals surface area (Å²) in [6, 6.07) is 11.2. The van der Waals surface area contributed by atoms with Crippen LogP contribution in [0.15, 0.2) is 36.4 Å². The molecule has 0 aliphatic carbocycles. The maximum absolute atomic E-state index is 13.2. The standard InChI is InChI=1S/C26H31Cl2N3O2/c1-25(2)10-9-23(26(3,4)31(25)5)30-24(32)15-7-8-17(22(13-15)33-6)21-12-16-11-18(27)19(28)14-20(16)29-21/h7-8,11-14,23,29H,9-10H2,1-6H3,(H,30,32). The minimum Gasteiger partial charge on any atom is -0.496 e. The number of nitrogens with zero attached hydrogens (tertiary/aromatic N) is 1. The Morgan fingerprint density at radius 3 is 2.52 bits per heavy atom. The molecule has 1 aliphatic heterocycles. The van der Waals surface area contributed by atoms with E-state index >= 15 is 0 Å². The third-order valence-electron chi connectivity index (χ3n) is 7.39. The number of benzene rings is 2. The zero-order valence-corrected chi connectivity index (χ0v) is 21.5. The first-order valence-corrected chi connectivity index (χ1v) is 11.9. The van der Waals surface area contributed by atoms with Gasteiger partial charge in [0.05, 0.1) is 22.8 Å². The largest absolute Gasteiger partial charge is 0.496 e. The van der Waals surface area contributed by atoms with Crippen molar-refractivity contribution in [3.63, 3.8) is 0 Å². The Morgan fingerprint density at radius 2 is 1.82 bits per heavy atom. The predicted octanol–water partition coefficient (Wildman–Crippen LogP) is 6.53. The molecule has 1 aliphatic rings. The predicted molar refractivity (Wildman–Crippen MR) is 137 cm³/mol. The van der Waals surface area contributed by atoms with Crippen molar-refractivity contribution in [2.75, 3.05) is 14.2 Å². The number of aromatic amines is 1. The molecule has 2 aromatic carbocycles. The molecule has 33 heavy (non-hydrogen) atoms. The third-order valence-corrected chi connectivity index (χ3v) is 8.11. The number of carbonyl (C=O) groups is 1. The lowest BCUT2D eigenvalue weighted by atomic mass is 9.77. The summed E-state index contributed by atoms with van der Waals surface area (Å²) in [5, 5.41) is 5.22. The Bertz CT molecular complexity index is 1180. The van der Waals surface area contributed by atoms with E-state index in [1.807, 2.05) is 24.3 Å². The van der Waals surface area contributed by atoms with Crippen molar-refractivity contribution in [3.8, 4) is 17.0 Å². The molecule has 1 amide bonds. The molecule has 0 spiro atoms. The summed E-state index contributed by atoms with van der Waals surface area (Å²) in [6.45, 7) is 8.89. The number of piperidine rings is 1. The van der Waals surface area contributed by atoms with Gasteiger partial charge in [0.2, 0.25) is 0 Å². The number of hydrogen-bond donors (Lipinski definition) is 2. The van der Waals surface area contributed by atoms with Gasteiger partial charge in [-0.1, -0.05) is 23.2 Å². The minimum atomic E-state index is -0.158. The van der Waals surface area contributed by atoms with Crippen molar-refractivity contribution in [1.29, 1.82) is 0 Å². The number of ether oxygens (including phenoxy) is 1. The van der Waals surface area contributed by atoms with E-state index < -0.39 is 0 Å². The van der Waals surface area contributed by atoms with E-state index in [1.165, 1.54) is 0 Å². The summed E-state index contributed by atoms with van der Waals surface area (Å²) in [7, 11) is 3.75. The quantitative estimate of drug-likeness (QED) is 0.439. The number of H-pyrrole nitrogens is 1. The average molecular weight is 488 g/mol. The van der Waals surface area contributed by atoms with Gasteiger partial charge in [0.1, 0.15) is 5.75 Å². The molecule has 2 N–H and O–H groups in total. The van der Waals surface area contributed by atoms with Crippen LogP contribution in [-0.4, -0.2) is 47.1 Å². The number of nitrogens with one attached hydrogen (secondary N) is 2. The smallest absolute Gasteiger partial charge is 0.251 e. The van der Waals surface area contributed by atoms with Gasteiger partial charge in [0.25, 0.3) is 5.91 Å². The molecule has 1 atom stereocenters. The Labute approximate surface area is 205 Å². The summed E-state index contributed by atoms with van der Waals surface area (Å²) in [6.07, 6.45) is 1.96. The van der Waals surface area contributed by atoms with Crippen LogP contribution in [-0.2, 0) is 0 Å². The highest BCUT2D eigenvalue weighted by atomic mass is 35.5. The summed E-state index contributed by atoms with van der Waals surface area (Å²) in [4.78, 5) is 18.9. The maximum Gasteiger partial charge on any atom is 0.251 e. The van der Waals surface area contributed by atoms with Gasteiger partial charge in [0.15, 0.2) is 0 Å². The zero-order chi connectivity index (χ0) is 24.1. The molecule has 0 saturated carbocycles. The summed E-state index contributed by atoms with van der Waals surface area (Å²) in [5.74, 6) is 0.522. The first kappa shape index (κ1) is 23.9. The second-order valence-corrected chi connectivity index (χ2v) is 10.9. The molecule has 2 heterocycles. The number of rotatable bonds is 4. The zero-order valence-electron chi connectivity index (χ0n) is 20.0. The van der Waals surface area contributed by atoms with Crippen LogP contribution in [0.2, 0.25) is 10.0 Å². The molecule has 1 unspecified atom stereocenters. The van der Waals surface area contributed by atoms with Gasteiger partial charge in [-0.2, -0.15) is 0 Å². The molecule has 0 radical (unpaired) electrons. The summed E-state index contributed by atoms with van der Waals surface area (Å²) >= 11 is 12.3. The van der Waals surface area contributed by atoms with E-state index in [2.05, 4.69) is 49.9 Å². The fourth-order valence-corrected chi connectivity index (χ4v) is 5.19. The molecule has 3 aromatic rings. The number of likely N-dealkylation sites (tertiary alicyclic amines) is 1. The van der Waals surface area contributed by atoms with Gasteiger partial charge in [-0.25, -0.2) is 0 Å². The van der Waals surface area contributed by atoms with E-state index in [9.17, 15) is 4.79 Å². The van der Waals surface area contributed by atoms with Crippen LogP contribution in [0.25, 0.3) is 22.2 Å². The average Bonchev–Trinajstić information content (AvgIpc) is 3.16. The number of fused-ring (bicyclic) bond motifs is 1. The fourth-order valence-electron chi connectivity index (χ4n) is 4.85. The Morgan fingerprint density at radius 1 is 1.12 bits per heavy atom. The minimum absolute atomic E-state index is 0.0527. The van der Waals surface area contributed by atoms with Crippen molar-refractivity contribution in [1.82, 2.24) is 15.2 Å². The van der Waals surface area contributed by atoms with Crippen LogP contribution in [0.1, 0.15) is 50.9 Å². The molecule has 1 fully saturated rings. The number of hydrogen-bond acceptors (Lipinski definition) is 3. The molecule has 1 saturated heterocycles. The number of amides is 1. The van der Waals surface area contributed by atoms with Crippen LogP contribution in [0.3, 0.4) is 0 Å².